The number of nitrogens with one attached hydrogen (secondary N) is 1. The fraction of sp³-hybridized carbons (Fsp3) is 0.500. The van der Waals surface area contributed by atoms with Gasteiger partial charge in [0.15, 0.2) is 0 Å². The lowest BCUT2D eigenvalue weighted by Crippen LogP contribution is -2.34. The first-order valence-corrected chi connectivity index (χ1v) is 6.38. The zero-order valence-electron chi connectivity index (χ0n) is 10.7. The highest BCUT2D eigenvalue weighted by Gasteiger charge is 2.15. The second-order valence-corrected chi connectivity index (χ2v) is 5.39. The molecule has 0 fully saturated rings. The molecule has 1 heterocycles. The van der Waals surface area contributed by atoms with E-state index >= 15 is 0 Å². The van der Waals surface area contributed by atoms with Crippen LogP contribution >= 0.6 is 15.9 Å². The molecule has 18 heavy (non-hydrogen) atoms. The molecule has 1 rings (SSSR count). The molecule has 1 aromatic rings. The van der Waals surface area contributed by atoms with Crippen molar-refractivity contribution in [3.63, 3.8) is 0 Å². The number of carbonyl (C=O) groups excluding carboxylic acids is 1. The molecular weight excluding hydrogens is 300 g/mol. The molecule has 0 aromatic carbocycles. The molecule has 100 valence electrons. The van der Waals surface area contributed by atoms with Crippen molar-refractivity contribution in [1.29, 1.82) is 0 Å². The maximum absolute atomic E-state index is 11.3. The highest BCUT2D eigenvalue weighted by molar-refractivity contribution is 9.10. The van der Waals surface area contributed by atoms with Gasteiger partial charge in [-0.2, -0.15) is 0 Å². The molecule has 0 aliphatic carbocycles. The Hall–Kier alpha value is -1.30. The van der Waals surface area contributed by atoms with Crippen molar-refractivity contribution in [2.24, 2.45) is 0 Å². The molecule has 5 nitrogen and oxygen atoms in total. The van der Waals surface area contributed by atoms with E-state index in [9.17, 15) is 4.79 Å². The number of nitrogens with zero attached hydrogens (tertiary/aromatic N) is 1. The minimum absolute atomic E-state index is 0.336. The minimum Gasteiger partial charge on any atom is -0.476 e. The van der Waals surface area contributed by atoms with Crippen LogP contribution in [0.1, 0.15) is 20.8 Å². The monoisotopic (exact) mass is 316 g/mol. The molecular formula is C12H17BrN2O3. The Labute approximate surface area is 115 Å². The first kappa shape index (κ1) is 14.8. The van der Waals surface area contributed by atoms with Gasteiger partial charge in [0.1, 0.15) is 16.8 Å². The van der Waals surface area contributed by atoms with Crippen LogP contribution in [0.4, 0.5) is 4.79 Å². The molecule has 0 unspecified atom stereocenters. The van der Waals surface area contributed by atoms with Crippen molar-refractivity contribution in [3.8, 4) is 5.88 Å². The molecule has 0 aliphatic rings. The van der Waals surface area contributed by atoms with E-state index in [1.807, 2.05) is 32.9 Å². The normalized spacial score (nSPS) is 10.9. The molecule has 1 N–H and O–H groups in total. The summed E-state index contributed by atoms with van der Waals surface area (Å²) in [5.74, 6) is 0.510. The third kappa shape index (κ3) is 6.44. The quantitative estimate of drug-likeness (QED) is 0.685. The molecule has 0 spiro atoms. The van der Waals surface area contributed by atoms with E-state index in [0.717, 1.165) is 0 Å². The van der Waals surface area contributed by atoms with Crippen molar-refractivity contribution >= 4 is 22.0 Å². The minimum atomic E-state index is -0.489. The number of ether oxygens (including phenoxy) is 2. The van der Waals surface area contributed by atoms with Crippen LogP contribution in [-0.2, 0) is 4.74 Å². The maximum atomic E-state index is 11.3. The number of halogens is 1. The number of alkyl carbamates (subject to hydrolysis) is 1. The highest BCUT2D eigenvalue weighted by atomic mass is 79.9. The molecule has 0 radical (unpaired) electrons. The molecule has 0 atom stereocenters. The average Bonchev–Trinajstić information content (AvgIpc) is 2.22. The van der Waals surface area contributed by atoms with Gasteiger partial charge in [-0.3, -0.25) is 0 Å². The summed E-state index contributed by atoms with van der Waals surface area (Å²) in [5.41, 5.74) is -0.489. The van der Waals surface area contributed by atoms with Gasteiger partial charge in [0, 0.05) is 6.07 Å². The van der Waals surface area contributed by atoms with E-state index in [-0.39, 0.29) is 0 Å². The number of hydrogen-bond donors (Lipinski definition) is 1. The maximum Gasteiger partial charge on any atom is 0.407 e. The summed E-state index contributed by atoms with van der Waals surface area (Å²) < 4.78 is 11.1. The van der Waals surface area contributed by atoms with Gasteiger partial charge in [-0.1, -0.05) is 6.07 Å². The SMILES string of the molecule is CC(C)(C)OC(=O)NCCOc1cccc(Br)n1. The molecule has 0 aliphatic heterocycles. The van der Waals surface area contributed by atoms with Crippen molar-refractivity contribution < 1.29 is 14.3 Å². The summed E-state index contributed by atoms with van der Waals surface area (Å²) in [5, 5.41) is 2.60. The van der Waals surface area contributed by atoms with Gasteiger partial charge in [0.25, 0.3) is 0 Å². The Bertz CT molecular complexity index is 405. The number of aromatic nitrogens is 1. The summed E-state index contributed by atoms with van der Waals surface area (Å²) in [4.78, 5) is 15.4. The van der Waals surface area contributed by atoms with Crippen LogP contribution in [0, 0.1) is 0 Å². The van der Waals surface area contributed by atoms with Crippen molar-refractivity contribution in [1.82, 2.24) is 10.3 Å². The van der Waals surface area contributed by atoms with Gasteiger partial charge < -0.3 is 14.8 Å². The number of rotatable bonds is 4. The predicted octanol–water partition coefficient (Wildman–Crippen LogP) is 2.75. The topological polar surface area (TPSA) is 60.5 Å². The van der Waals surface area contributed by atoms with E-state index in [4.69, 9.17) is 9.47 Å². The van der Waals surface area contributed by atoms with Gasteiger partial charge in [0.2, 0.25) is 5.88 Å². The summed E-state index contributed by atoms with van der Waals surface area (Å²) in [7, 11) is 0. The van der Waals surface area contributed by atoms with E-state index in [1.165, 1.54) is 0 Å². The largest absolute Gasteiger partial charge is 0.476 e. The molecule has 6 heteroatoms. The lowest BCUT2D eigenvalue weighted by molar-refractivity contribution is 0.0520. The Kier molecular flexibility index (Phi) is 5.40. The predicted molar refractivity (Wildman–Crippen MR) is 71.7 cm³/mol. The first-order chi connectivity index (χ1) is 8.37. The van der Waals surface area contributed by atoms with Crippen LogP contribution in [0.5, 0.6) is 5.88 Å². The molecule has 1 amide bonds. The summed E-state index contributed by atoms with van der Waals surface area (Å²) in [6.07, 6.45) is -0.451. The molecule has 1 aromatic heterocycles. The zero-order chi connectivity index (χ0) is 13.6. The summed E-state index contributed by atoms with van der Waals surface area (Å²) >= 11 is 3.25. The third-order valence-electron chi connectivity index (χ3n) is 1.71. The Morgan fingerprint density at radius 3 is 2.78 bits per heavy atom. The van der Waals surface area contributed by atoms with Crippen molar-refractivity contribution in [2.75, 3.05) is 13.2 Å². The van der Waals surface area contributed by atoms with Crippen LogP contribution in [0.15, 0.2) is 22.8 Å². The van der Waals surface area contributed by atoms with E-state index in [2.05, 4.69) is 26.2 Å². The van der Waals surface area contributed by atoms with E-state index < -0.39 is 11.7 Å². The smallest absolute Gasteiger partial charge is 0.407 e. The van der Waals surface area contributed by atoms with Crippen molar-refractivity contribution in [3.05, 3.63) is 22.8 Å². The Balaban J connectivity index is 2.21. The molecule has 0 bridgehead atoms. The fourth-order valence-corrected chi connectivity index (χ4v) is 1.42. The highest BCUT2D eigenvalue weighted by Crippen LogP contribution is 2.11. The van der Waals surface area contributed by atoms with E-state index in [0.29, 0.717) is 23.6 Å². The Morgan fingerprint density at radius 2 is 2.17 bits per heavy atom. The first-order valence-electron chi connectivity index (χ1n) is 5.59. The number of carbonyl (C=O) groups is 1. The molecule has 0 saturated carbocycles. The van der Waals surface area contributed by atoms with Gasteiger partial charge in [-0.15, -0.1) is 0 Å². The van der Waals surface area contributed by atoms with Crippen LogP contribution in [0.3, 0.4) is 0 Å². The summed E-state index contributed by atoms with van der Waals surface area (Å²) in [6, 6.07) is 5.39. The lowest BCUT2D eigenvalue weighted by atomic mass is 10.2. The lowest BCUT2D eigenvalue weighted by Gasteiger charge is -2.19. The Morgan fingerprint density at radius 1 is 1.44 bits per heavy atom. The van der Waals surface area contributed by atoms with Crippen LogP contribution < -0.4 is 10.1 Å². The van der Waals surface area contributed by atoms with Gasteiger partial charge in [-0.25, -0.2) is 9.78 Å². The second-order valence-electron chi connectivity index (χ2n) is 4.58. The van der Waals surface area contributed by atoms with Gasteiger partial charge in [0.05, 0.1) is 6.54 Å². The van der Waals surface area contributed by atoms with Crippen LogP contribution in [0.25, 0.3) is 0 Å². The van der Waals surface area contributed by atoms with Crippen LogP contribution in [0.2, 0.25) is 0 Å². The molecule has 0 saturated heterocycles. The standard InChI is InChI=1S/C12H17BrN2O3/c1-12(2,3)18-11(16)14-7-8-17-10-6-4-5-9(13)15-10/h4-6H,7-8H2,1-3H3,(H,14,16). The van der Waals surface area contributed by atoms with Crippen LogP contribution in [-0.4, -0.2) is 29.8 Å². The number of pyridine rings is 1. The van der Waals surface area contributed by atoms with E-state index in [1.54, 1.807) is 6.07 Å². The second kappa shape index (κ2) is 6.58. The van der Waals surface area contributed by atoms with Gasteiger partial charge in [-0.05, 0) is 42.8 Å². The fourth-order valence-electron chi connectivity index (χ4n) is 1.09. The number of amides is 1. The number of hydrogen-bond acceptors (Lipinski definition) is 4. The average molecular weight is 317 g/mol. The van der Waals surface area contributed by atoms with Gasteiger partial charge >= 0.3 is 6.09 Å². The third-order valence-corrected chi connectivity index (χ3v) is 2.15. The zero-order valence-corrected chi connectivity index (χ0v) is 12.3. The summed E-state index contributed by atoms with van der Waals surface area (Å²) in [6.45, 7) is 6.14. The van der Waals surface area contributed by atoms with Crippen molar-refractivity contribution in [2.45, 2.75) is 26.4 Å².